The highest BCUT2D eigenvalue weighted by atomic mass is 16.3. The van der Waals surface area contributed by atoms with Crippen LogP contribution in [0.2, 0.25) is 0 Å². The number of aryl methyl sites for hydroxylation is 1. The first kappa shape index (κ1) is 12.9. The number of rotatable bonds is 4. The van der Waals surface area contributed by atoms with Crippen LogP contribution in [0.3, 0.4) is 0 Å². The van der Waals surface area contributed by atoms with Gasteiger partial charge in [-0.3, -0.25) is 9.78 Å². The number of aromatic hydroxyl groups is 1. The Bertz CT molecular complexity index is 594. The Morgan fingerprint density at radius 1 is 1.37 bits per heavy atom. The molecule has 2 rings (SSSR count). The number of nitrogens with one attached hydrogen (secondary N) is 1. The van der Waals surface area contributed by atoms with Gasteiger partial charge in [-0.25, -0.2) is 0 Å². The van der Waals surface area contributed by atoms with Crippen LogP contribution in [-0.2, 0) is 6.54 Å². The van der Waals surface area contributed by atoms with Crippen molar-refractivity contribution in [2.45, 2.75) is 13.5 Å². The summed E-state index contributed by atoms with van der Waals surface area (Å²) in [6, 6.07) is 8.58. The first-order valence-electron chi connectivity index (χ1n) is 5.84. The fraction of sp³-hybridized carbons (Fsp3) is 0.143. The van der Waals surface area contributed by atoms with Crippen molar-refractivity contribution in [3.8, 4) is 5.75 Å². The van der Waals surface area contributed by atoms with Crippen LogP contribution in [0.5, 0.6) is 5.75 Å². The molecule has 0 atom stereocenters. The summed E-state index contributed by atoms with van der Waals surface area (Å²) in [4.78, 5) is 15.1. The summed E-state index contributed by atoms with van der Waals surface area (Å²) in [6.07, 6.45) is 1.40. The standard InChI is InChI=1S/C14H15N3O2/c1-9-6-10(14(15)19)2-5-13(9)17-7-11-3-4-12(18)8-16-11/h2-6,8,17-18H,7H2,1H3,(H2,15,19). The molecular weight excluding hydrogens is 242 g/mol. The van der Waals surface area contributed by atoms with Crippen molar-refractivity contribution in [2.75, 3.05) is 5.32 Å². The lowest BCUT2D eigenvalue weighted by atomic mass is 10.1. The monoisotopic (exact) mass is 257 g/mol. The summed E-state index contributed by atoms with van der Waals surface area (Å²) in [5.41, 5.74) is 8.38. The topological polar surface area (TPSA) is 88.2 Å². The van der Waals surface area contributed by atoms with Crippen LogP contribution < -0.4 is 11.1 Å². The molecule has 0 aliphatic rings. The van der Waals surface area contributed by atoms with Gasteiger partial charge >= 0.3 is 0 Å². The van der Waals surface area contributed by atoms with Crippen molar-refractivity contribution in [1.82, 2.24) is 4.98 Å². The number of nitrogens with two attached hydrogens (primary N) is 1. The first-order valence-corrected chi connectivity index (χ1v) is 5.84. The van der Waals surface area contributed by atoms with Crippen molar-refractivity contribution < 1.29 is 9.90 Å². The number of hydrogen-bond donors (Lipinski definition) is 3. The summed E-state index contributed by atoms with van der Waals surface area (Å²) in [5, 5.41) is 12.4. The molecule has 0 aliphatic carbocycles. The smallest absolute Gasteiger partial charge is 0.248 e. The van der Waals surface area contributed by atoms with Crippen molar-refractivity contribution in [1.29, 1.82) is 0 Å². The van der Waals surface area contributed by atoms with Gasteiger partial charge in [0.2, 0.25) is 5.91 Å². The number of aromatic nitrogens is 1. The first-order chi connectivity index (χ1) is 9.06. The average molecular weight is 257 g/mol. The number of hydrogen-bond acceptors (Lipinski definition) is 4. The van der Waals surface area contributed by atoms with Gasteiger partial charge in [0, 0.05) is 11.3 Å². The zero-order chi connectivity index (χ0) is 13.8. The van der Waals surface area contributed by atoms with E-state index in [4.69, 9.17) is 10.8 Å². The Morgan fingerprint density at radius 2 is 2.16 bits per heavy atom. The van der Waals surface area contributed by atoms with E-state index in [0.29, 0.717) is 12.1 Å². The minimum Gasteiger partial charge on any atom is -0.506 e. The lowest BCUT2D eigenvalue weighted by Crippen LogP contribution is -2.11. The van der Waals surface area contributed by atoms with Gasteiger partial charge in [-0.2, -0.15) is 0 Å². The predicted octanol–water partition coefficient (Wildman–Crippen LogP) is 1.81. The number of anilines is 1. The highest BCUT2D eigenvalue weighted by molar-refractivity contribution is 5.93. The van der Waals surface area contributed by atoms with E-state index in [0.717, 1.165) is 16.9 Å². The third-order valence-electron chi connectivity index (χ3n) is 2.78. The van der Waals surface area contributed by atoms with E-state index in [-0.39, 0.29) is 5.75 Å². The molecule has 0 saturated carbocycles. The zero-order valence-electron chi connectivity index (χ0n) is 10.6. The van der Waals surface area contributed by atoms with Gasteiger partial charge in [0.1, 0.15) is 5.75 Å². The predicted molar refractivity (Wildman–Crippen MR) is 72.9 cm³/mol. The highest BCUT2D eigenvalue weighted by Gasteiger charge is 2.04. The number of carbonyl (C=O) groups excluding carboxylic acids is 1. The third-order valence-corrected chi connectivity index (χ3v) is 2.78. The molecule has 4 N–H and O–H groups in total. The van der Waals surface area contributed by atoms with Crippen molar-refractivity contribution >= 4 is 11.6 Å². The Balaban J connectivity index is 2.07. The molecule has 5 heteroatoms. The number of carbonyl (C=O) groups is 1. The summed E-state index contributed by atoms with van der Waals surface area (Å²) in [5.74, 6) is -0.291. The van der Waals surface area contributed by atoms with Gasteiger partial charge in [-0.15, -0.1) is 0 Å². The van der Waals surface area contributed by atoms with Gasteiger partial charge in [-0.1, -0.05) is 0 Å². The van der Waals surface area contributed by atoms with Gasteiger partial charge < -0.3 is 16.2 Å². The molecule has 0 fully saturated rings. The van der Waals surface area contributed by atoms with Crippen molar-refractivity contribution in [3.05, 3.63) is 53.3 Å². The molecule has 0 aliphatic heterocycles. The van der Waals surface area contributed by atoms with Crippen LogP contribution >= 0.6 is 0 Å². The fourth-order valence-electron chi connectivity index (χ4n) is 1.72. The van der Waals surface area contributed by atoms with E-state index in [2.05, 4.69) is 10.3 Å². The minimum atomic E-state index is -0.435. The molecule has 0 bridgehead atoms. The maximum atomic E-state index is 11.0. The van der Waals surface area contributed by atoms with Gasteiger partial charge in [0.05, 0.1) is 18.4 Å². The Morgan fingerprint density at radius 3 is 2.74 bits per heavy atom. The van der Waals surface area contributed by atoms with E-state index in [1.807, 2.05) is 13.0 Å². The third kappa shape index (κ3) is 3.22. The summed E-state index contributed by atoms with van der Waals surface area (Å²) >= 11 is 0. The maximum Gasteiger partial charge on any atom is 0.248 e. The molecule has 0 radical (unpaired) electrons. The van der Waals surface area contributed by atoms with Crippen molar-refractivity contribution in [3.63, 3.8) is 0 Å². The van der Waals surface area contributed by atoms with Crippen molar-refractivity contribution in [2.24, 2.45) is 5.73 Å². The van der Waals surface area contributed by atoms with Crippen LogP contribution in [0.1, 0.15) is 21.6 Å². The lowest BCUT2D eigenvalue weighted by Gasteiger charge is -2.10. The molecule has 2 aromatic rings. The second-order valence-electron chi connectivity index (χ2n) is 4.26. The number of benzene rings is 1. The molecule has 0 saturated heterocycles. The Hall–Kier alpha value is -2.56. The minimum absolute atomic E-state index is 0.144. The highest BCUT2D eigenvalue weighted by Crippen LogP contribution is 2.17. The fourth-order valence-corrected chi connectivity index (χ4v) is 1.72. The molecule has 1 aromatic carbocycles. The second-order valence-corrected chi connectivity index (χ2v) is 4.26. The number of amides is 1. The van der Waals surface area contributed by atoms with Crippen LogP contribution in [0, 0.1) is 6.92 Å². The molecule has 1 aromatic heterocycles. The number of nitrogens with zero attached hydrogens (tertiary/aromatic N) is 1. The van der Waals surface area contributed by atoms with Gasteiger partial charge in [0.25, 0.3) is 0 Å². The van der Waals surface area contributed by atoms with Crippen LogP contribution in [0.15, 0.2) is 36.5 Å². The molecule has 5 nitrogen and oxygen atoms in total. The van der Waals surface area contributed by atoms with E-state index >= 15 is 0 Å². The quantitative estimate of drug-likeness (QED) is 0.779. The van der Waals surface area contributed by atoms with Crippen LogP contribution in [0.4, 0.5) is 5.69 Å². The number of pyridine rings is 1. The average Bonchev–Trinajstić information content (AvgIpc) is 2.39. The maximum absolute atomic E-state index is 11.0. The van der Waals surface area contributed by atoms with Crippen LogP contribution in [-0.4, -0.2) is 16.0 Å². The van der Waals surface area contributed by atoms with E-state index in [1.54, 1.807) is 24.3 Å². The normalized spacial score (nSPS) is 10.2. The molecule has 0 unspecified atom stereocenters. The molecule has 1 amide bonds. The molecule has 19 heavy (non-hydrogen) atoms. The molecule has 0 spiro atoms. The van der Waals surface area contributed by atoms with E-state index < -0.39 is 5.91 Å². The Labute approximate surface area is 111 Å². The van der Waals surface area contributed by atoms with Gasteiger partial charge in [0.15, 0.2) is 0 Å². The van der Waals surface area contributed by atoms with E-state index in [9.17, 15) is 4.79 Å². The molecular formula is C14H15N3O2. The second kappa shape index (κ2) is 5.39. The largest absolute Gasteiger partial charge is 0.506 e. The summed E-state index contributed by atoms with van der Waals surface area (Å²) in [6.45, 7) is 2.44. The lowest BCUT2D eigenvalue weighted by molar-refractivity contribution is 0.1000. The van der Waals surface area contributed by atoms with E-state index in [1.165, 1.54) is 6.20 Å². The molecule has 1 heterocycles. The molecule has 98 valence electrons. The van der Waals surface area contributed by atoms with Gasteiger partial charge in [-0.05, 0) is 42.8 Å². The van der Waals surface area contributed by atoms with Crippen LogP contribution in [0.25, 0.3) is 0 Å². The SMILES string of the molecule is Cc1cc(C(N)=O)ccc1NCc1ccc(O)cn1. The Kier molecular flexibility index (Phi) is 3.66. The summed E-state index contributed by atoms with van der Waals surface area (Å²) in [7, 11) is 0. The summed E-state index contributed by atoms with van der Waals surface area (Å²) < 4.78 is 0. The zero-order valence-corrected chi connectivity index (χ0v) is 10.6. The number of primary amides is 1.